The number of para-hydroxylation sites is 1. The van der Waals surface area contributed by atoms with E-state index in [1.165, 1.54) is 30.5 Å². The van der Waals surface area contributed by atoms with E-state index >= 15 is 0 Å². The maximum Gasteiger partial charge on any atom is 0.269 e. The van der Waals surface area contributed by atoms with Gasteiger partial charge in [0.15, 0.2) is 0 Å². The Morgan fingerprint density at radius 2 is 1.89 bits per heavy atom. The number of nitro benzene ring substituents is 1. The van der Waals surface area contributed by atoms with Crippen LogP contribution in [0.2, 0.25) is 0 Å². The van der Waals surface area contributed by atoms with Gasteiger partial charge in [-0.05, 0) is 36.1 Å². The molecule has 0 aliphatic carbocycles. The smallest absolute Gasteiger partial charge is 0.269 e. The van der Waals surface area contributed by atoms with Gasteiger partial charge in [0.25, 0.3) is 11.6 Å². The number of nitriles is 1. The van der Waals surface area contributed by atoms with Crippen LogP contribution in [-0.2, 0) is 4.79 Å². The summed E-state index contributed by atoms with van der Waals surface area (Å²) >= 11 is 0. The van der Waals surface area contributed by atoms with Gasteiger partial charge in [0.05, 0.1) is 4.92 Å². The molecule has 2 N–H and O–H groups in total. The number of carbonyl (C=O) groups is 1. The molecule has 0 fully saturated rings. The highest BCUT2D eigenvalue weighted by Crippen LogP contribution is 2.27. The molecule has 0 aromatic heterocycles. The van der Waals surface area contributed by atoms with Crippen LogP contribution in [0.15, 0.2) is 54.2 Å². The Morgan fingerprint density at radius 3 is 2.44 bits per heavy atom. The second-order valence-electron chi connectivity index (χ2n) is 6.27. The molecule has 1 amide bonds. The lowest BCUT2D eigenvalue weighted by Gasteiger charge is -2.15. The number of benzene rings is 2. The van der Waals surface area contributed by atoms with Crippen molar-refractivity contribution in [1.29, 1.82) is 5.26 Å². The van der Waals surface area contributed by atoms with Crippen molar-refractivity contribution < 1.29 is 9.72 Å². The molecule has 0 aliphatic rings. The van der Waals surface area contributed by atoms with E-state index in [-0.39, 0.29) is 17.2 Å². The number of hydrogen-bond acceptors (Lipinski definition) is 5. The predicted molar refractivity (Wildman–Crippen MR) is 104 cm³/mol. The summed E-state index contributed by atoms with van der Waals surface area (Å²) in [6.07, 6.45) is 1.37. The highest BCUT2D eigenvalue weighted by Gasteiger charge is 2.12. The second-order valence-corrected chi connectivity index (χ2v) is 6.27. The van der Waals surface area contributed by atoms with Crippen molar-refractivity contribution in [1.82, 2.24) is 0 Å². The van der Waals surface area contributed by atoms with Gasteiger partial charge in [0.2, 0.25) is 0 Å². The molecule has 0 heterocycles. The summed E-state index contributed by atoms with van der Waals surface area (Å²) in [6.45, 7) is 6.08. The zero-order valence-electron chi connectivity index (χ0n) is 15.3. The molecule has 138 valence electrons. The number of nitro groups is 1. The van der Waals surface area contributed by atoms with Crippen LogP contribution in [-0.4, -0.2) is 10.8 Å². The number of amides is 1. The van der Waals surface area contributed by atoms with Gasteiger partial charge in [-0.1, -0.05) is 32.0 Å². The predicted octanol–water partition coefficient (Wildman–Crippen LogP) is 4.48. The summed E-state index contributed by atoms with van der Waals surface area (Å²) in [7, 11) is 0. The van der Waals surface area contributed by atoms with Crippen molar-refractivity contribution in [3.05, 3.63) is 75.5 Å². The highest BCUT2D eigenvalue weighted by molar-refractivity contribution is 6.06. The molecule has 7 heteroatoms. The van der Waals surface area contributed by atoms with E-state index in [1.807, 2.05) is 31.2 Å². The van der Waals surface area contributed by atoms with E-state index in [1.54, 1.807) is 0 Å². The summed E-state index contributed by atoms with van der Waals surface area (Å²) in [5.41, 5.74) is 3.14. The minimum Gasteiger partial charge on any atom is -0.360 e. The third-order valence-electron chi connectivity index (χ3n) is 3.99. The van der Waals surface area contributed by atoms with Gasteiger partial charge in [-0.15, -0.1) is 0 Å². The summed E-state index contributed by atoms with van der Waals surface area (Å²) in [5.74, 6) is -0.321. The van der Waals surface area contributed by atoms with Crippen LogP contribution < -0.4 is 10.6 Å². The summed E-state index contributed by atoms with van der Waals surface area (Å²) in [4.78, 5) is 22.5. The van der Waals surface area contributed by atoms with Gasteiger partial charge in [-0.2, -0.15) is 5.26 Å². The molecule has 2 aromatic carbocycles. The molecule has 0 spiro atoms. The van der Waals surface area contributed by atoms with Gasteiger partial charge in [-0.25, -0.2) is 0 Å². The van der Waals surface area contributed by atoms with Crippen molar-refractivity contribution in [2.45, 2.75) is 26.7 Å². The van der Waals surface area contributed by atoms with Crippen LogP contribution in [0.3, 0.4) is 0 Å². The van der Waals surface area contributed by atoms with Crippen molar-refractivity contribution in [2.24, 2.45) is 0 Å². The van der Waals surface area contributed by atoms with Crippen LogP contribution in [0.1, 0.15) is 30.9 Å². The van der Waals surface area contributed by atoms with E-state index in [2.05, 4.69) is 24.5 Å². The average molecular weight is 364 g/mol. The van der Waals surface area contributed by atoms with Crippen LogP contribution in [0, 0.1) is 28.4 Å². The molecule has 0 atom stereocenters. The van der Waals surface area contributed by atoms with Crippen LogP contribution in [0.25, 0.3) is 0 Å². The Morgan fingerprint density at radius 1 is 1.22 bits per heavy atom. The third kappa shape index (κ3) is 4.92. The zero-order chi connectivity index (χ0) is 20.0. The summed E-state index contributed by atoms with van der Waals surface area (Å²) in [5, 5.41) is 25.6. The summed E-state index contributed by atoms with van der Waals surface area (Å²) in [6, 6.07) is 13.2. The number of aryl methyl sites for hydroxylation is 1. The molecule has 0 radical (unpaired) electrons. The van der Waals surface area contributed by atoms with Gasteiger partial charge >= 0.3 is 0 Å². The average Bonchev–Trinajstić information content (AvgIpc) is 2.63. The highest BCUT2D eigenvalue weighted by atomic mass is 16.6. The fraction of sp³-hybridized carbons (Fsp3) is 0.200. The van der Waals surface area contributed by atoms with E-state index in [4.69, 9.17) is 0 Å². The maximum absolute atomic E-state index is 12.3. The minimum absolute atomic E-state index is 0.0773. The van der Waals surface area contributed by atoms with Crippen LogP contribution in [0.4, 0.5) is 17.1 Å². The van der Waals surface area contributed by atoms with Gasteiger partial charge < -0.3 is 10.6 Å². The SMILES string of the molecule is Cc1cccc(C(C)C)c1N/C=C(/C#N)C(=O)Nc1ccc([N+](=O)[O-])cc1. The van der Waals surface area contributed by atoms with Crippen molar-refractivity contribution in [3.8, 4) is 6.07 Å². The Hall–Kier alpha value is -3.66. The zero-order valence-corrected chi connectivity index (χ0v) is 15.3. The summed E-state index contributed by atoms with van der Waals surface area (Å²) < 4.78 is 0. The molecule has 7 nitrogen and oxygen atoms in total. The number of anilines is 2. The molecule has 0 aliphatic heterocycles. The van der Waals surface area contributed by atoms with E-state index in [9.17, 15) is 20.2 Å². The fourth-order valence-electron chi connectivity index (χ4n) is 2.53. The number of carbonyl (C=O) groups excluding carboxylic acids is 1. The molecule has 2 rings (SSSR count). The Labute approximate surface area is 157 Å². The lowest BCUT2D eigenvalue weighted by atomic mass is 9.98. The Balaban J connectivity index is 2.18. The Bertz CT molecular complexity index is 925. The first-order valence-electron chi connectivity index (χ1n) is 8.35. The number of nitrogens with zero attached hydrogens (tertiary/aromatic N) is 2. The number of nitrogens with one attached hydrogen (secondary N) is 2. The molecule has 0 saturated heterocycles. The number of non-ortho nitro benzene ring substituents is 1. The molecule has 2 aromatic rings. The molecule has 0 bridgehead atoms. The second kappa shape index (κ2) is 8.63. The van der Waals surface area contributed by atoms with Gasteiger partial charge in [0.1, 0.15) is 11.6 Å². The van der Waals surface area contributed by atoms with E-state index < -0.39 is 10.8 Å². The van der Waals surface area contributed by atoms with Crippen molar-refractivity contribution >= 4 is 23.0 Å². The fourth-order valence-corrected chi connectivity index (χ4v) is 2.53. The van der Waals surface area contributed by atoms with E-state index in [0.29, 0.717) is 5.69 Å². The first-order valence-corrected chi connectivity index (χ1v) is 8.35. The first-order chi connectivity index (χ1) is 12.8. The largest absolute Gasteiger partial charge is 0.360 e. The molecular formula is C20H20N4O3. The van der Waals surface area contributed by atoms with Gasteiger partial charge in [-0.3, -0.25) is 14.9 Å². The number of rotatable bonds is 6. The van der Waals surface area contributed by atoms with Gasteiger partial charge in [0, 0.05) is 29.7 Å². The monoisotopic (exact) mass is 364 g/mol. The number of hydrogen-bond donors (Lipinski definition) is 2. The molecule has 0 saturated carbocycles. The minimum atomic E-state index is -0.599. The van der Waals surface area contributed by atoms with Crippen molar-refractivity contribution in [2.75, 3.05) is 10.6 Å². The quantitative estimate of drug-likeness (QED) is 0.340. The van der Waals surface area contributed by atoms with Crippen molar-refractivity contribution in [3.63, 3.8) is 0 Å². The standard InChI is InChI=1S/C20H20N4O3/c1-13(2)18-6-4-5-14(3)19(18)22-12-15(11-21)20(25)23-16-7-9-17(10-8-16)24(26)27/h4-10,12-13,22H,1-3H3,(H,23,25)/b15-12-. The van der Waals surface area contributed by atoms with E-state index in [0.717, 1.165) is 16.8 Å². The molecule has 0 unspecified atom stereocenters. The van der Waals surface area contributed by atoms with Crippen LogP contribution in [0.5, 0.6) is 0 Å². The normalized spacial score (nSPS) is 11.0. The first kappa shape index (κ1) is 19.7. The topological polar surface area (TPSA) is 108 Å². The maximum atomic E-state index is 12.3. The Kier molecular flexibility index (Phi) is 6.28. The van der Waals surface area contributed by atoms with Crippen LogP contribution >= 0.6 is 0 Å². The molecular weight excluding hydrogens is 344 g/mol. The lowest BCUT2D eigenvalue weighted by Crippen LogP contribution is -2.14. The molecule has 27 heavy (non-hydrogen) atoms. The third-order valence-corrected chi connectivity index (χ3v) is 3.99. The lowest BCUT2D eigenvalue weighted by molar-refractivity contribution is -0.384.